The monoisotopic (exact) mass is 200 g/mol. The van der Waals surface area contributed by atoms with Gasteiger partial charge in [0.15, 0.2) is 0 Å². The number of nitrogens with zero attached hydrogens (tertiary/aromatic N) is 1. The predicted molar refractivity (Wildman–Crippen MR) is 55.2 cm³/mol. The van der Waals surface area contributed by atoms with Gasteiger partial charge < -0.3 is 15.0 Å². The van der Waals surface area contributed by atoms with Gasteiger partial charge in [0.1, 0.15) is 0 Å². The van der Waals surface area contributed by atoms with Gasteiger partial charge in [-0.05, 0) is 26.8 Å². The van der Waals surface area contributed by atoms with Gasteiger partial charge >= 0.3 is 0 Å². The minimum Gasteiger partial charge on any atom is -0.377 e. The third-order valence-corrected chi connectivity index (χ3v) is 2.83. The Morgan fingerprint density at radius 2 is 2.36 bits per heavy atom. The highest BCUT2D eigenvalue weighted by Gasteiger charge is 2.32. The highest BCUT2D eigenvalue weighted by molar-refractivity contribution is 5.78. The van der Waals surface area contributed by atoms with Crippen LogP contribution in [0.3, 0.4) is 0 Å². The molecular formula is C10H20N2O2. The van der Waals surface area contributed by atoms with Crippen molar-refractivity contribution < 1.29 is 9.53 Å². The number of likely N-dealkylation sites (N-methyl/N-ethyl adjacent to an activating group) is 1. The number of amides is 1. The Balaban J connectivity index is 2.51. The lowest BCUT2D eigenvalue weighted by atomic mass is 9.95. The molecule has 1 aliphatic rings. The lowest BCUT2D eigenvalue weighted by molar-refractivity contribution is -0.138. The SMILES string of the molecule is CNCC(=O)N1CCCC(C)(OC)C1. The molecule has 1 N–H and O–H groups in total. The molecule has 0 aliphatic carbocycles. The Hall–Kier alpha value is -0.610. The number of carbonyl (C=O) groups is 1. The van der Waals surface area contributed by atoms with Gasteiger partial charge in [0.05, 0.1) is 12.1 Å². The highest BCUT2D eigenvalue weighted by atomic mass is 16.5. The maximum atomic E-state index is 11.6. The zero-order valence-corrected chi connectivity index (χ0v) is 9.30. The fraction of sp³-hybridized carbons (Fsp3) is 0.900. The second-order valence-corrected chi connectivity index (χ2v) is 4.10. The first-order valence-electron chi connectivity index (χ1n) is 5.09. The molecule has 1 rings (SSSR count). The quantitative estimate of drug-likeness (QED) is 0.709. The molecule has 0 aromatic rings. The summed E-state index contributed by atoms with van der Waals surface area (Å²) in [6.45, 7) is 4.05. The molecule has 14 heavy (non-hydrogen) atoms. The van der Waals surface area contributed by atoms with Crippen molar-refractivity contribution in [2.45, 2.75) is 25.4 Å². The number of ether oxygens (including phenoxy) is 1. The average molecular weight is 200 g/mol. The Kier molecular flexibility index (Phi) is 3.89. The van der Waals surface area contributed by atoms with Crippen LogP contribution in [0, 0.1) is 0 Å². The van der Waals surface area contributed by atoms with Crippen molar-refractivity contribution in [3.63, 3.8) is 0 Å². The number of rotatable bonds is 3. The van der Waals surface area contributed by atoms with Crippen molar-refractivity contribution in [2.24, 2.45) is 0 Å². The summed E-state index contributed by atoms with van der Waals surface area (Å²) < 4.78 is 5.42. The van der Waals surface area contributed by atoms with Crippen molar-refractivity contribution >= 4 is 5.91 Å². The van der Waals surface area contributed by atoms with E-state index < -0.39 is 0 Å². The average Bonchev–Trinajstić information content (AvgIpc) is 2.18. The van der Waals surface area contributed by atoms with E-state index in [1.165, 1.54) is 0 Å². The largest absolute Gasteiger partial charge is 0.377 e. The number of hydrogen-bond donors (Lipinski definition) is 1. The van der Waals surface area contributed by atoms with Crippen molar-refractivity contribution in [3.05, 3.63) is 0 Å². The molecule has 0 saturated carbocycles. The van der Waals surface area contributed by atoms with Gasteiger partial charge in [0, 0.05) is 20.2 Å². The minimum atomic E-state index is -0.151. The summed E-state index contributed by atoms with van der Waals surface area (Å²) in [6.07, 6.45) is 2.06. The number of hydrogen-bond acceptors (Lipinski definition) is 3. The maximum absolute atomic E-state index is 11.6. The zero-order valence-electron chi connectivity index (χ0n) is 9.30. The minimum absolute atomic E-state index is 0.151. The standard InChI is InChI=1S/C10H20N2O2/c1-10(14-3)5-4-6-12(8-10)9(13)7-11-2/h11H,4-8H2,1-3H3. The normalized spacial score (nSPS) is 27.8. The molecule has 0 aromatic carbocycles. The van der Waals surface area contributed by atoms with E-state index in [0.29, 0.717) is 13.1 Å². The first-order chi connectivity index (χ1) is 6.61. The van der Waals surface area contributed by atoms with Gasteiger partial charge in [-0.15, -0.1) is 0 Å². The molecule has 1 saturated heterocycles. The van der Waals surface area contributed by atoms with Crippen LogP contribution in [-0.4, -0.2) is 50.2 Å². The summed E-state index contributed by atoms with van der Waals surface area (Å²) in [4.78, 5) is 13.5. The molecule has 0 radical (unpaired) electrons. The Bertz CT molecular complexity index is 208. The topological polar surface area (TPSA) is 41.6 Å². The van der Waals surface area contributed by atoms with Crippen molar-refractivity contribution in [1.29, 1.82) is 0 Å². The van der Waals surface area contributed by atoms with Crippen LogP contribution in [0.25, 0.3) is 0 Å². The Morgan fingerprint density at radius 1 is 1.64 bits per heavy atom. The molecule has 1 unspecified atom stereocenters. The van der Waals surface area contributed by atoms with Crippen molar-refractivity contribution in [2.75, 3.05) is 33.8 Å². The number of piperidine rings is 1. The van der Waals surface area contributed by atoms with E-state index in [0.717, 1.165) is 19.4 Å². The summed E-state index contributed by atoms with van der Waals surface area (Å²) in [5, 5.41) is 2.88. The number of likely N-dealkylation sites (tertiary alicyclic amines) is 1. The second-order valence-electron chi connectivity index (χ2n) is 4.10. The van der Waals surface area contributed by atoms with Gasteiger partial charge in [-0.3, -0.25) is 4.79 Å². The molecule has 1 amide bonds. The maximum Gasteiger partial charge on any atom is 0.236 e. The predicted octanol–water partition coefficient (Wildman–Crippen LogP) is 0.233. The first-order valence-corrected chi connectivity index (χ1v) is 5.09. The van der Waals surface area contributed by atoms with E-state index in [2.05, 4.69) is 12.2 Å². The van der Waals surface area contributed by atoms with Crippen LogP contribution in [0.4, 0.5) is 0 Å². The third kappa shape index (κ3) is 2.69. The third-order valence-electron chi connectivity index (χ3n) is 2.83. The Morgan fingerprint density at radius 3 is 2.93 bits per heavy atom. The van der Waals surface area contributed by atoms with Crippen LogP contribution in [0.2, 0.25) is 0 Å². The molecule has 4 nitrogen and oxygen atoms in total. The number of carbonyl (C=O) groups excluding carboxylic acids is 1. The summed E-state index contributed by atoms with van der Waals surface area (Å²) in [7, 11) is 3.50. The van der Waals surface area contributed by atoms with Crippen LogP contribution in [0.5, 0.6) is 0 Å². The van der Waals surface area contributed by atoms with Gasteiger partial charge in [0.25, 0.3) is 0 Å². The van der Waals surface area contributed by atoms with Crippen LogP contribution in [-0.2, 0) is 9.53 Å². The first kappa shape index (κ1) is 11.5. The lowest BCUT2D eigenvalue weighted by Gasteiger charge is -2.39. The summed E-state index contributed by atoms with van der Waals surface area (Å²) in [6, 6.07) is 0. The molecule has 1 fully saturated rings. The molecule has 1 heterocycles. The van der Waals surface area contributed by atoms with Gasteiger partial charge in [-0.1, -0.05) is 0 Å². The van der Waals surface area contributed by atoms with Crippen LogP contribution in [0.15, 0.2) is 0 Å². The highest BCUT2D eigenvalue weighted by Crippen LogP contribution is 2.23. The molecule has 0 aromatic heterocycles. The molecule has 4 heteroatoms. The molecule has 1 atom stereocenters. The van der Waals surface area contributed by atoms with Crippen molar-refractivity contribution in [3.8, 4) is 0 Å². The smallest absolute Gasteiger partial charge is 0.236 e. The van der Waals surface area contributed by atoms with Crippen molar-refractivity contribution in [1.82, 2.24) is 10.2 Å². The van der Waals surface area contributed by atoms with Gasteiger partial charge in [0.2, 0.25) is 5.91 Å². The number of methoxy groups -OCH3 is 1. The Labute approximate surface area is 85.6 Å². The molecule has 0 bridgehead atoms. The van der Waals surface area contributed by atoms with Crippen LogP contribution < -0.4 is 5.32 Å². The van der Waals surface area contributed by atoms with Gasteiger partial charge in [-0.2, -0.15) is 0 Å². The molecule has 0 spiro atoms. The lowest BCUT2D eigenvalue weighted by Crippen LogP contribution is -2.51. The summed E-state index contributed by atoms with van der Waals surface area (Å²) in [5.41, 5.74) is -0.151. The van der Waals surface area contributed by atoms with Crippen LogP contribution in [0.1, 0.15) is 19.8 Å². The van der Waals surface area contributed by atoms with E-state index in [9.17, 15) is 4.79 Å². The fourth-order valence-corrected chi connectivity index (χ4v) is 1.85. The van der Waals surface area contributed by atoms with E-state index in [4.69, 9.17) is 4.74 Å². The van der Waals surface area contributed by atoms with E-state index in [-0.39, 0.29) is 11.5 Å². The fourth-order valence-electron chi connectivity index (χ4n) is 1.85. The van der Waals surface area contributed by atoms with E-state index in [1.807, 2.05) is 4.90 Å². The van der Waals surface area contributed by atoms with Gasteiger partial charge in [-0.25, -0.2) is 0 Å². The summed E-state index contributed by atoms with van der Waals surface area (Å²) in [5.74, 6) is 0.162. The second kappa shape index (κ2) is 4.75. The van der Waals surface area contributed by atoms with Crippen LogP contribution >= 0.6 is 0 Å². The van der Waals surface area contributed by atoms with E-state index >= 15 is 0 Å². The molecule has 82 valence electrons. The molecule has 1 aliphatic heterocycles. The molecular weight excluding hydrogens is 180 g/mol. The summed E-state index contributed by atoms with van der Waals surface area (Å²) >= 11 is 0. The zero-order chi connectivity index (χ0) is 10.6. The van der Waals surface area contributed by atoms with E-state index in [1.54, 1.807) is 14.2 Å². The number of nitrogens with one attached hydrogen (secondary N) is 1.